The Balaban J connectivity index is 3.79. The molecule has 0 fully saturated rings. The van der Waals surface area contributed by atoms with Crippen LogP contribution < -0.4 is 10.3 Å². The fourth-order valence-electron chi connectivity index (χ4n) is 0.989. The van der Waals surface area contributed by atoms with Crippen molar-refractivity contribution in [2.75, 3.05) is 0 Å². The summed E-state index contributed by atoms with van der Waals surface area (Å²) in [5, 5.41) is 9.38. The van der Waals surface area contributed by atoms with E-state index >= 15 is 0 Å². The molecule has 6 nitrogen and oxygen atoms in total. The zero-order chi connectivity index (χ0) is 11.9. The quantitative estimate of drug-likeness (QED) is 0.711. The number of rotatable bonds is 2. The highest BCUT2D eigenvalue weighted by molar-refractivity contribution is 7.92. The van der Waals surface area contributed by atoms with Crippen LogP contribution in [0.15, 0.2) is 28.0 Å². The summed E-state index contributed by atoms with van der Waals surface area (Å²) in [7, 11) is -8.82. The second-order valence-corrected chi connectivity index (χ2v) is 5.69. The number of sulfonamides is 2. The van der Waals surface area contributed by atoms with Gasteiger partial charge in [-0.25, -0.2) is 31.5 Å². The molecular weight excluding hydrogens is 247 g/mol. The lowest BCUT2D eigenvalue weighted by atomic mass is 10.3. The molecule has 15 heavy (non-hydrogen) atoms. The van der Waals surface area contributed by atoms with Gasteiger partial charge in [0.05, 0.1) is 0 Å². The molecule has 0 atom stereocenters. The van der Waals surface area contributed by atoms with E-state index in [9.17, 15) is 21.2 Å². The lowest BCUT2D eigenvalue weighted by molar-refractivity contribution is 0.551. The molecule has 0 aromatic heterocycles. The van der Waals surface area contributed by atoms with Gasteiger partial charge in [-0.05, 0) is 12.1 Å². The zero-order valence-electron chi connectivity index (χ0n) is 7.21. The smallest absolute Gasteiger partial charge is 0.225 e. The zero-order valence-corrected chi connectivity index (χ0v) is 8.85. The van der Waals surface area contributed by atoms with Crippen LogP contribution >= 0.6 is 0 Å². The highest BCUT2D eigenvalue weighted by atomic mass is 32.2. The Bertz CT molecular complexity index is 594. The Morgan fingerprint density at radius 3 is 1.87 bits per heavy atom. The van der Waals surface area contributed by atoms with Gasteiger partial charge in [0.25, 0.3) is 0 Å². The van der Waals surface area contributed by atoms with Crippen LogP contribution in [0.5, 0.6) is 0 Å². The van der Waals surface area contributed by atoms with Crippen LogP contribution in [-0.2, 0) is 20.0 Å². The fourth-order valence-corrected chi connectivity index (χ4v) is 3.00. The van der Waals surface area contributed by atoms with Crippen molar-refractivity contribution in [1.82, 2.24) is 0 Å². The number of halogens is 1. The molecule has 0 amide bonds. The Hall–Kier alpha value is -1.03. The molecule has 0 unspecified atom stereocenters. The standard InChI is InChI=1S/C6H7FN2O4S2/c7-4-2-1-3-5(14(8,10)11)6(4)15(9,12)13/h1-3H,(H2,8,10,11)(H2,9,12,13). The first kappa shape index (κ1) is 12.0. The van der Waals surface area contributed by atoms with Crippen molar-refractivity contribution >= 4 is 20.0 Å². The highest BCUT2D eigenvalue weighted by Crippen LogP contribution is 2.21. The van der Waals surface area contributed by atoms with Gasteiger partial charge in [-0.15, -0.1) is 0 Å². The van der Waals surface area contributed by atoms with Crippen LogP contribution in [-0.4, -0.2) is 16.8 Å². The maximum Gasteiger partial charge on any atom is 0.242 e. The van der Waals surface area contributed by atoms with Crippen LogP contribution in [0.4, 0.5) is 4.39 Å². The van der Waals surface area contributed by atoms with Gasteiger partial charge in [-0.1, -0.05) is 6.07 Å². The highest BCUT2D eigenvalue weighted by Gasteiger charge is 2.25. The summed E-state index contributed by atoms with van der Waals surface area (Å²) in [4.78, 5) is -1.97. The normalized spacial score (nSPS) is 12.7. The molecule has 0 heterocycles. The van der Waals surface area contributed by atoms with Gasteiger partial charge in [0, 0.05) is 0 Å². The van der Waals surface area contributed by atoms with Crippen molar-refractivity contribution in [1.29, 1.82) is 0 Å². The molecule has 1 aromatic carbocycles. The molecule has 1 aromatic rings. The average molecular weight is 254 g/mol. The molecular formula is C6H7FN2O4S2. The third-order valence-corrected chi connectivity index (χ3v) is 3.59. The first-order chi connectivity index (χ1) is 6.64. The summed E-state index contributed by atoms with van der Waals surface area (Å²) in [6.45, 7) is 0. The van der Waals surface area contributed by atoms with E-state index in [4.69, 9.17) is 5.14 Å². The van der Waals surface area contributed by atoms with Crippen LogP contribution in [0.25, 0.3) is 0 Å². The second-order valence-electron chi connectivity index (χ2n) is 2.66. The van der Waals surface area contributed by atoms with E-state index in [0.29, 0.717) is 0 Å². The molecule has 0 aliphatic carbocycles. The average Bonchev–Trinajstić information content (AvgIpc) is 1.99. The van der Waals surface area contributed by atoms with Crippen molar-refractivity contribution in [2.24, 2.45) is 10.3 Å². The molecule has 84 valence electrons. The maximum absolute atomic E-state index is 13.1. The van der Waals surface area contributed by atoms with Crippen LogP contribution in [0.3, 0.4) is 0 Å². The SMILES string of the molecule is NS(=O)(=O)c1cccc(F)c1S(N)(=O)=O. The van der Waals surface area contributed by atoms with E-state index in [1.54, 1.807) is 0 Å². The summed E-state index contributed by atoms with van der Waals surface area (Å²) in [6, 6.07) is 2.65. The van der Waals surface area contributed by atoms with Crippen molar-refractivity contribution in [3.05, 3.63) is 24.0 Å². The van der Waals surface area contributed by atoms with E-state index < -0.39 is 35.7 Å². The van der Waals surface area contributed by atoms with Crippen molar-refractivity contribution in [3.63, 3.8) is 0 Å². The molecule has 0 spiro atoms. The van der Waals surface area contributed by atoms with Crippen molar-refractivity contribution < 1.29 is 21.2 Å². The third-order valence-electron chi connectivity index (χ3n) is 1.52. The van der Waals surface area contributed by atoms with E-state index in [1.165, 1.54) is 0 Å². The molecule has 0 aliphatic heterocycles. The lowest BCUT2D eigenvalue weighted by Crippen LogP contribution is -2.21. The molecule has 4 N–H and O–H groups in total. The Morgan fingerprint density at radius 1 is 1.00 bits per heavy atom. The number of nitrogens with two attached hydrogens (primary N) is 2. The minimum atomic E-state index is -4.48. The Kier molecular flexibility index (Phi) is 2.83. The van der Waals surface area contributed by atoms with Gasteiger partial charge in [0.15, 0.2) is 0 Å². The number of hydrogen-bond donors (Lipinski definition) is 2. The number of hydrogen-bond acceptors (Lipinski definition) is 4. The summed E-state index contributed by atoms with van der Waals surface area (Å²) >= 11 is 0. The first-order valence-corrected chi connectivity index (χ1v) is 6.57. The van der Waals surface area contributed by atoms with Crippen LogP contribution in [0.1, 0.15) is 0 Å². The molecule has 0 aliphatic rings. The van der Waals surface area contributed by atoms with Crippen LogP contribution in [0.2, 0.25) is 0 Å². The molecule has 9 heteroatoms. The molecule has 0 bridgehead atoms. The summed E-state index contributed by atoms with van der Waals surface area (Å²) in [5.74, 6) is -1.26. The fraction of sp³-hybridized carbons (Fsp3) is 0. The van der Waals surface area contributed by atoms with Gasteiger partial charge in [-0.2, -0.15) is 0 Å². The van der Waals surface area contributed by atoms with Gasteiger partial charge in [-0.3, -0.25) is 0 Å². The maximum atomic E-state index is 13.1. The summed E-state index contributed by atoms with van der Waals surface area (Å²) < 4.78 is 56.9. The van der Waals surface area contributed by atoms with E-state index in [0.717, 1.165) is 18.2 Å². The minimum Gasteiger partial charge on any atom is -0.225 e. The predicted octanol–water partition coefficient (Wildman–Crippen LogP) is -0.879. The summed E-state index contributed by atoms with van der Waals surface area (Å²) in [5.41, 5.74) is 0. The molecule has 0 radical (unpaired) electrons. The molecule has 0 saturated heterocycles. The van der Waals surface area contributed by atoms with Crippen molar-refractivity contribution in [3.8, 4) is 0 Å². The van der Waals surface area contributed by atoms with Gasteiger partial charge in [0.1, 0.15) is 15.6 Å². The van der Waals surface area contributed by atoms with Crippen molar-refractivity contribution in [2.45, 2.75) is 9.79 Å². The Morgan fingerprint density at radius 2 is 1.53 bits per heavy atom. The Labute approximate surface area is 85.8 Å². The van der Waals surface area contributed by atoms with Gasteiger partial charge < -0.3 is 0 Å². The van der Waals surface area contributed by atoms with Gasteiger partial charge in [0.2, 0.25) is 20.0 Å². The monoisotopic (exact) mass is 254 g/mol. The molecule has 1 rings (SSSR count). The van der Waals surface area contributed by atoms with Gasteiger partial charge >= 0.3 is 0 Å². The molecule has 0 saturated carbocycles. The third kappa shape index (κ3) is 2.50. The van der Waals surface area contributed by atoms with E-state index in [2.05, 4.69) is 5.14 Å². The minimum absolute atomic E-state index is 0.772. The number of primary sulfonamides is 2. The topological polar surface area (TPSA) is 120 Å². The second kappa shape index (κ2) is 3.52. The van der Waals surface area contributed by atoms with E-state index in [1.807, 2.05) is 0 Å². The predicted molar refractivity (Wildman–Crippen MR) is 49.1 cm³/mol. The largest absolute Gasteiger partial charge is 0.242 e. The summed E-state index contributed by atoms with van der Waals surface area (Å²) in [6.07, 6.45) is 0. The lowest BCUT2D eigenvalue weighted by Gasteiger charge is -2.05. The van der Waals surface area contributed by atoms with Crippen LogP contribution in [0, 0.1) is 5.82 Å². The first-order valence-electron chi connectivity index (χ1n) is 3.48. The van der Waals surface area contributed by atoms with E-state index in [-0.39, 0.29) is 0 Å². The number of benzene rings is 1.